The lowest BCUT2D eigenvalue weighted by molar-refractivity contribution is -0.115. The fourth-order valence-corrected chi connectivity index (χ4v) is 6.32. The maximum Gasteiger partial charge on any atom is 0.163 e. The van der Waals surface area contributed by atoms with Gasteiger partial charge in [-0.1, -0.05) is 18.6 Å². The summed E-state index contributed by atoms with van der Waals surface area (Å²) >= 11 is 0. The van der Waals surface area contributed by atoms with Gasteiger partial charge < -0.3 is 10.2 Å². The Morgan fingerprint density at radius 1 is 1.19 bits per heavy atom. The molecule has 0 unspecified atom stereocenters. The van der Waals surface area contributed by atoms with Crippen LogP contribution >= 0.6 is 0 Å². The lowest BCUT2D eigenvalue weighted by Crippen LogP contribution is -2.42. The highest BCUT2D eigenvalue weighted by Crippen LogP contribution is 2.38. The molecule has 36 heavy (non-hydrogen) atoms. The largest absolute Gasteiger partial charge is 0.368 e. The lowest BCUT2D eigenvalue weighted by Gasteiger charge is -2.39. The zero-order chi connectivity index (χ0) is 26.0. The molecule has 0 saturated heterocycles. The smallest absolute Gasteiger partial charge is 0.163 e. The van der Waals surface area contributed by atoms with Crippen LogP contribution in [0.15, 0.2) is 35.1 Å². The molecule has 1 fully saturated rings. The van der Waals surface area contributed by atoms with E-state index < -0.39 is 0 Å². The molecule has 1 saturated carbocycles. The molecule has 6 heteroatoms. The van der Waals surface area contributed by atoms with Crippen molar-refractivity contribution in [2.45, 2.75) is 91.1 Å². The second-order valence-corrected chi connectivity index (χ2v) is 10.6. The Morgan fingerprint density at radius 3 is 2.53 bits per heavy atom. The minimum Gasteiger partial charge on any atom is -0.368 e. The van der Waals surface area contributed by atoms with Gasteiger partial charge in [0.15, 0.2) is 11.6 Å². The van der Waals surface area contributed by atoms with Gasteiger partial charge in [-0.05, 0) is 89.1 Å². The number of hydrogen-bond donors (Lipinski definition) is 1. The molecule has 0 spiro atoms. The Balaban J connectivity index is 1.71. The number of nitrogens with one attached hydrogen (secondary N) is 1. The van der Waals surface area contributed by atoms with Crippen molar-refractivity contribution < 1.29 is 9.59 Å². The molecule has 4 rings (SSSR count). The molecular weight excluding hydrogens is 448 g/mol. The summed E-state index contributed by atoms with van der Waals surface area (Å²) in [7, 11) is 4.01. The van der Waals surface area contributed by atoms with E-state index in [9.17, 15) is 9.59 Å². The molecule has 1 N–H and O–H groups in total. The Bertz CT molecular complexity index is 1210. The van der Waals surface area contributed by atoms with E-state index in [-0.39, 0.29) is 11.6 Å². The fourth-order valence-electron chi connectivity index (χ4n) is 6.32. The molecule has 0 radical (unpaired) electrons. The summed E-state index contributed by atoms with van der Waals surface area (Å²) in [6.07, 6.45) is 10.8. The lowest BCUT2D eigenvalue weighted by atomic mass is 9.86. The number of allylic oxidation sites excluding steroid dienone is 4. The van der Waals surface area contributed by atoms with Gasteiger partial charge in [-0.2, -0.15) is 5.10 Å². The monoisotopic (exact) mass is 490 g/mol. The van der Waals surface area contributed by atoms with Crippen LogP contribution in [0.4, 0.5) is 5.69 Å². The number of hydrogen-bond acceptors (Lipinski definition) is 5. The molecule has 1 heterocycles. The van der Waals surface area contributed by atoms with Crippen LogP contribution < -0.4 is 10.2 Å². The third-order valence-corrected chi connectivity index (χ3v) is 8.28. The number of aromatic nitrogens is 2. The summed E-state index contributed by atoms with van der Waals surface area (Å²) in [5.74, 6) is 0.277. The van der Waals surface area contributed by atoms with Crippen LogP contribution in [0.5, 0.6) is 0 Å². The number of benzene rings is 1. The van der Waals surface area contributed by atoms with E-state index in [1.807, 2.05) is 37.8 Å². The molecule has 0 aliphatic heterocycles. The van der Waals surface area contributed by atoms with E-state index in [1.54, 1.807) is 0 Å². The van der Waals surface area contributed by atoms with Crippen molar-refractivity contribution in [1.82, 2.24) is 15.1 Å². The fraction of sp³-hybridized carbons (Fsp3) is 0.567. The number of carbonyl (C=O) groups excluding carboxylic acids is 2. The molecule has 194 valence electrons. The van der Waals surface area contributed by atoms with Crippen molar-refractivity contribution in [3.05, 3.63) is 46.2 Å². The summed E-state index contributed by atoms with van der Waals surface area (Å²) in [5.41, 5.74) is 7.00. The zero-order valence-corrected chi connectivity index (χ0v) is 22.9. The Hall–Kier alpha value is -2.73. The van der Waals surface area contributed by atoms with Gasteiger partial charge in [0, 0.05) is 49.5 Å². The molecule has 0 amide bonds. The minimum absolute atomic E-state index is 0.116. The van der Waals surface area contributed by atoms with Crippen molar-refractivity contribution in [3.8, 4) is 0 Å². The topological polar surface area (TPSA) is 67.2 Å². The second-order valence-electron chi connectivity index (χ2n) is 10.6. The Labute approximate surface area is 215 Å². The predicted octanol–water partition coefficient (Wildman–Crippen LogP) is 5.69. The number of ketones is 2. The number of rotatable bonds is 9. The van der Waals surface area contributed by atoms with Crippen molar-refractivity contribution in [1.29, 1.82) is 0 Å². The van der Waals surface area contributed by atoms with E-state index in [2.05, 4.69) is 42.3 Å². The van der Waals surface area contributed by atoms with Gasteiger partial charge in [-0.15, -0.1) is 0 Å². The standard InChI is InChI=1S/C30H42N4O2/c1-7-23-25(28(35)14-13-24-20(4)15-19(3)16-29(24)36)17-27-26(18-32-33(27)6)30(23)34(8-2)22-11-9-21(31-5)10-12-22/h15,17-18,21-22,31H,7-14,16H2,1-6H3. The van der Waals surface area contributed by atoms with E-state index in [0.717, 1.165) is 64.6 Å². The van der Waals surface area contributed by atoms with Crippen LogP contribution in [-0.2, 0) is 18.3 Å². The predicted molar refractivity (Wildman–Crippen MR) is 148 cm³/mol. The maximum absolute atomic E-state index is 13.7. The summed E-state index contributed by atoms with van der Waals surface area (Å²) in [5, 5.41) is 9.15. The van der Waals surface area contributed by atoms with Gasteiger partial charge in [-0.25, -0.2) is 0 Å². The van der Waals surface area contributed by atoms with Crippen molar-refractivity contribution in [2.24, 2.45) is 7.05 Å². The molecule has 2 aromatic rings. The molecule has 2 aliphatic rings. The molecule has 2 aliphatic carbocycles. The van der Waals surface area contributed by atoms with Crippen LogP contribution in [0.25, 0.3) is 10.9 Å². The van der Waals surface area contributed by atoms with Crippen molar-refractivity contribution >= 4 is 28.2 Å². The Morgan fingerprint density at radius 2 is 1.92 bits per heavy atom. The van der Waals surface area contributed by atoms with E-state index in [0.29, 0.717) is 31.3 Å². The van der Waals surface area contributed by atoms with Crippen molar-refractivity contribution in [3.63, 3.8) is 0 Å². The zero-order valence-electron chi connectivity index (χ0n) is 22.9. The first kappa shape index (κ1) is 26.3. The van der Waals surface area contributed by atoms with Crippen molar-refractivity contribution in [2.75, 3.05) is 18.5 Å². The van der Waals surface area contributed by atoms with Crippen LogP contribution in [0.1, 0.15) is 88.6 Å². The summed E-state index contributed by atoms with van der Waals surface area (Å²) in [6, 6.07) is 3.09. The number of carbonyl (C=O) groups is 2. The number of fused-ring (bicyclic) bond motifs is 1. The number of Topliss-reactive ketones (excluding diaryl/α,β-unsaturated/α-hetero) is 2. The van der Waals surface area contributed by atoms with Gasteiger partial charge in [-0.3, -0.25) is 14.3 Å². The first-order chi connectivity index (χ1) is 17.3. The highest BCUT2D eigenvalue weighted by Gasteiger charge is 2.29. The van der Waals surface area contributed by atoms with Gasteiger partial charge >= 0.3 is 0 Å². The molecular formula is C30H42N4O2. The molecule has 1 aromatic carbocycles. The SMILES string of the molecule is CCc1c(C(=O)CCC2=C(C)C=C(C)CC2=O)cc2c(cnn2C)c1N(CC)C1CCC(NC)CC1. The first-order valence-corrected chi connectivity index (χ1v) is 13.6. The number of aryl methyl sites for hydroxylation is 1. The summed E-state index contributed by atoms with van der Waals surface area (Å²) < 4.78 is 1.88. The number of anilines is 1. The van der Waals surface area contributed by atoms with Gasteiger partial charge in [0.25, 0.3) is 0 Å². The van der Waals surface area contributed by atoms with E-state index in [1.165, 1.54) is 18.5 Å². The van der Waals surface area contributed by atoms with Gasteiger partial charge in [0.05, 0.1) is 17.4 Å². The quantitative estimate of drug-likeness (QED) is 0.457. The van der Waals surface area contributed by atoms with Crippen LogP contribution in [0.2, 0.25) is 0 Å². The highest BCUT2D eigenvalue weighted by molar-refractivity contribution is 6.07. The summed E-state index contributed by atoms with van der Waals surface area (Å²) in [6.45, 7) is 9.25. The van der Waals surface area contributed by atoms with Crippen LogP contribution in [0.3, 0.4) is 0 Å². The number of nitrogens with zero attached hydrogens (tertiary/aromatic N) is 3. The first-order valence-electron chi connectivity index (χ1n) is 13.6. The van der Waals surface area contributed by atoms with E-state index in [4.69, 9.17) is 0 Å². The molecule has 6 nitrogen and oxygen atoms in total. The van der Waals surface area contributed by atoms with Gasteiger partial charge in [0.1, 0.15) is 0 Å². The van der Waals surface area contributed by atoms with Crippen LogP contribution in [-0.4, -0.2) is 47.0 Å². The average molecular weight is 491 g/mol. The molecule has 0 atom stereocenters. The highest BCUT2D eigenvalue weighted by atomic mass is 16.1. The van der Waals surface area contributed by atoms with E-state index >= 15 is 0 Å². The average Bonchev–Trinajstić information content (AvgIpc) is 3.23. The van der Waals surface area contributed by atoms with Gasteiger partial charge in [0.2, 0.25) is 0 Å². The minimum atomic E-state index is 0.116. The third-order valence-electron chi connectivity index (χ3n) is 8.28. The molecule has 0 bridgehead atoms. The maximum atomic E-state index is 13.7. The van der Waals surface area contributed by atoms with Crippen LogP contribution in [0, 0.1) is 0 Å². The summed E-state index contributed by atoms with van der Waals surface area (Å²) in [4.78, 5) is 28.9. The third kappa shape index (κ3) is 5.06. The molecule has 1 aromatic heterocycles. The Kier molecular flexibility index (Phi) is 8.13. The second kappa shape index (κ2) is 11.1. The normalized spacial score (nSPS) is 20.7.